The quantitative estimate of drug-likeness (QED) is 0.486. The van der Waals surface area contributed by atoms with Crippen LogP contribution in [0, 0.1) is 0 Å². The number of methoxy groups -OCH3 is 5. The van der Waals surface area contributed by atoms with Crippen LogP contribution in [0.1, 0.15) is 11.1 Å². The zero-order valence-corrected chi connectivity index (χ0v) is 21.3. The number of carbonyl (C=O) groups is 2. The second-order valence-electron chi connectivity index (χ2n) is 7.87. The lowest BCUT2D eigenvalue weighted by atomic mass is 10.1. The van der Waals surface area contributed by atoms with Crippen LogP contribution in [-0.2, 0) is 22.7 Å². The first kappa shape index (κ1) is 28.5. The second kappa shape index (κ2) is 14.0. The van der Waals surface area contributed by atoms with Gasteiger partial charge in [0.05, 0.1) is 35.5 Å². The molecule has 0 bridgehead atoms. The van der Waals surface area contributed by atoms with Crippen LogP contribution >= 0.6 is 0 Å². The fraction of sp³-hybridized carbons (Fsp3) is 0.440. The molecular formula is C25H34N2O9. The first-order valence-corrected chi connectivity index (χ1v) is 11.2. The molecule has 3 rings (SSSR count). The van der Waals surface area contributed by atoms with Crippen LogP contribution in [-0.4, -0.2) is 93.7 Å². The molecule has 2 aromatic rings. The third-order valence-corrected chi connectivity index (χ3v) is 5.67. The SMILES string of the molecule is COc1ccc(CN2CCN(Cc3cc(OC)c(OC)c(OC)c3)CC2)c(OC)c1.O=C(O)C(=O)O. The predicted octanol–water partition coefficient (Wildman–Crippen LogP) is 2.20. The van der Waals surface area contributed by atoms with Gasteiger partial charge in [0, 0.05) is 50.9 Å². The monoisotopic (exact) mass is 506 g/mol. The molecule has 198 valence electrons. The minimum absolute atomic E-state index is 0.627. The lowest BCUT2D eigenvalue weighted by Crippen LogP contribution is -2.45. The Kier molecular flexibility index (Phi) is 11.1. The fourth-order valence-electron chi connectivity index (χ4n) is 3.81. The van der Waals surface area contributed by atoms with Crippen LogP contribution < -0.4 is 23.7 Å². The van der Waals surface area contributed by atoms with Gasteiger partial charge in [0.1, 0.15) is 11.5 Å². The molecule has 11 nitrogen and oxygen atoms in total. The van der Waals surface area contributed by atoms with Crippen molar-refractivity contribution < 1.29 is 43.5 Å². The maximum absolute atomic E-state index is 9.10. The predicted molar refractivity (Wildman–Crippen MR) is 131 cm³/mol. The van der Waals surface area contributed by atoms with Crippen molar-refractivity contribution in [3.8, 4) is 28.7 Å². The zero-order chi connectivity index (χ0) is 26.7. The number of ether oxygens (including phenoxy) is 5. The maximum Gasteiger partial charge on any atom is 0.414 e. The lowest BCUT2D eigenvalue weighted by Gasteiger charge is -2.35. The molecule has 2 N–H and O–H groups in total. The number of aliphatic carboxylic acids is 2. The molecule has 0 spiro atoms. The van der Waals surface area contributed by atoms with E-state index in [1.165, 1.54) is 5.56 Å². The van der Waals surface area contributed by atoms with Crippen molar-refractivity contribution in [2.24, 2.45) is 0 Å². The van der Waals surface area contributed by atoms with Crippen molar-refractivity contribution in [2.75, 3.05) is 61.7 Å². The van der Waals surface area contributed by atoms with Crippen molar-refractivity contribution in [3.63, 3.8) is 0 Å². The smallest absolute Gasteiger partial charge is 0.414 e. The summed E-state index contributed by atoms with van der Waals surface area (Å²) >= 11 is 0. The summed E-state index contributed by atoms with van der Waals surface area (Å²) in [7, 11) is 8.28. The summed E-state index contributed by atoms with van der Waals surface area (Å²) in [4.78, 5) is 23.1. The van der Waals surface area contributed by atoms with Gasteiger partial charge < -0.3 is 33.9 Å². The Morgan fingerprint density at radius 3 is 1.61 bits per heavy atom. The number of carboxylic acid groups (broad SMARTS) is 2. The Balaban J connectivity index is 0.000000678. The van der Waals surface area contributed by atoms with Gasteiger partial charge in [-0.3, -0.25) is 9.80 Å². The summed E-state index contributed by atoms with van der Waals surface area (Å²) in [5.74, 6) is 0.0427. The van der Waals surface area contributed by atoms with Crippen molar-refractivity contribution in [1.82, 2.24) is 9.80 Å². The molecule has 36 heavy (non-hydrogen) atoms. The number of carboxylic acids is 2. The normalized spacial score (nSPS) is 13.7. The second-order valence-corrected chi connectivity index (χ2v) is 7.87. The van der Waals surface area contributed by atoms with E-state index in [1.807, 2.05) is 24.3 Å². The Bertz CT molecular complexity index is 984. The van der Waals surface area contributed by atoms with E-state index in [0.29, 0.717) is 17.2 Å². The molecule has 1 fully saturated rings. The van der Waals surface area contributed by atoms with Crippen molar-refractivity contribution in [3.05, 3.63) is 41.5 Å². The molecule has 11 heteroatoms. The molecule has 0 unspecified atom stereocenters. The van der Waals surface area contributed by atoms with Gasteiger partial charge in [0.25, 0.3) is 0 Å². The molecule has 1 aliphatic rings. The van der Waals surface area contributed by atoms with Gasteiger partial charge in [-0.25, -0.2) is 9.59 Å². The van der Waals surface area contributed by atoms with Crippen LogP contribution in [0.5, 0.6) is 28.7 Å². The molecule has 0 aliphatic carbocycles. The van der Waals surface area contributed by atoms with Crippen LogP contribution in [0.15, 0.2) is 30.3 Å². The Morgan fingerprint density at radius 2 is 1.19 bits per heavy atom. The third kappa shape index (κ3) is 7.92. The van der Waals surface area contributed by atoms with Gasteiger partial charge in [0.15, 0.2) is 11.5 Å². The van der Waals surface area contributed by atoms with Crippen LogP contribution in [0.2, 0.25) is 0 Å². The lowest BCUT2D eigenvalue weighted by molar-refractivity contribution is -0.159. The fourth-order valence-corrected chi connectivity index (χ4v) is 3.81. The average Bonchev–Trinajstić information content (AvgIpc) is 2.89. The summed E-state index contributed by atoms with van der Waals surface area (Å²) in [5.41, 5.74) is 2.33. The molecule has 0 radical (unpaired) electrons. The van der Waals surface area contributed by atoms with E-state index in [9.17, 15) is 0 Å². The summed E-state index contributed by atoms with van der Waals surface area (Å²) in [6.45, 7) is 5.70. The van der Waals surface area contributed by atoms with Crippen LogP contribution in [0.3, 0.4) is 0 Å². The highest BCUT2D eigenvalue weighted by molar-refractivity contribution is 6.27. The summed E-state index contributed by atoms with van der Waals surface area (Å²) in [5, 5.41) is 14.8. The number of nitrogens with zero attached hydrogens (tertiary/aromatic N) is 2. The van der Waals surface area contributed by atoms with Gasteiger partial charge in [0.2, 0.25) is 5.75 Å². The first-order chi connectivity index (χ1) is 17.3. The van der Waals surface area contributed by atoms with Gasteiger partial charge in [-0.05, 0) is 23.8 Å². The standard InChI is InChI=1S/C23H32N2O5.C2H2O4/c1-26-19-7-6-18(20(14-19)27-2)16-25-10-8-24(9-11-25)15-17-12-21(28-3)23(30-5)22(13-17)29-4;3-1(4)2(5)6/h6-7,12-14H,8-11,15-16H2,1-5H3;(H,3,4)(H,5,6). The summed E-state index contributed by atoms with van der Waals surface area (Å²) < 4.78 is 27.2. The van der Waals surface area contributed by atoms with Gasteiger partial charge in [-0.15, -0.1) is 0 Å². The van der Waals surface area contributed by atoms with E-state index >= 15 is 0 Å². The number of hydrogen-bond acceptors (Lipinski definition) is 9. The Labute approximate surface area is 210 Å². The highest BCUT2D eigenvalue weighted by Gasteiger charge is 2.20. The van der Waals surface area contributed by atoms with E-state index in [1.54, 1.807) is 35.5 Å². The average molecular weight is 507 g/mol. The highest BCUT2D eigenvalue weighted by atomic mass is 16.5. The number of benzene rings is 2. The minimum Gasteiger partial charge on any atom is -0.497 e. The van der Waals surface area contributed by atoms with Crippen molar-refractivity contribution in [1.29, 1.82) is 0 Å². The van der Waals surface area contributed by atoms with E-state index in [-0.39, 0.29) is 0 Å². The minimum atomic E-state index is -1.82. The van der Waals surface area contributed by atoms with E-state index in [2.05, 4.69) is 15.9 Å². The van der Waals surface area contributed by atoms with Gasteiger partial charge >= 0.3 is 11.9 Å². The Morgan fingerprint density at radius 1 is 0.694 bits per heavy atom. The summed E-state index contributed by atoms with van der Waals surface area (Å²) in [6, 6.07) is 10.1. The Hall–Kier alpha value is -3.70. The van der Waals surface area contributed by atoms with Crippen LogP contribution in [0.25, 0.3) is 0 Å². The molecule has 0 atom stereocenters. The first-order valence-electron chi connectivity index (χ1n) is 11.2. The van der Waals surface area contributed by atoms with E-state index < -0.39 is 11.9 Å². The zero-order valence-electron chi connectivity index (χ0n) is 21.3. The van der Waals surface area contributed by atoms with E-state index in [0.717, 1.165) is 56.3 Å². The van der Waals surface area contributed by atoms with Crippen molar-refractivity contribution in [2.45, 2.75) is 13.1 Å². The number of rotatable bonds is 9. The van der Waals surface area contributed by atoms with E-state index in [4.69, 9.17) is 43.5 Å². The maximum atomic E-state index is 9.10. The molecule has 1 aliphatic heterocycles. The molecule has 1 saturated heterocycles. The number of piperazine rings is 1. The number of hydrogen-bond donors (Lipinski definition) is 2. The molecule has 1 heterocycles. The third-order valence-electron chi connectivity index (χ3n) is 5.67. The molecule has 0 amide bonds. The van der Waals surface area contributed by atoms with Crippen molar-refractivity contribution >= 4 is 11.9 Å². The van der Waals surface area contributed by atoms with Gasteiger partial charge in [-0.1, -0.05) is 6.07 Å². The molecule has 0 aromatic heterocycles. The van der Waals surface area contributed by atoms with Gasteiger partial charge in [-0.2, -0.15) is 0 Å². The topological polar surface area (TPSA) is 127 Å². The molecule has 2 aromatic carbocycles. The molecular weight excluding hydrogens is 472 g/mol. The summed E-state index contributed by atoms with van der Waals surface area (Å²) in [6.07, 6.45) is 0. The van der Waals surface area contributed by atoms with Crippen LogP contribution in [0.4, 0.5) is 0 Å². The largest absolute Gasteiger partial charge is 0.497 e. The highest BCUT2D eigenvalue weighted by Crippen LogP contribution is 2.38. The molecule has 0 saturated carbocycles.